The lowest BCUT2D eigenvalue weighted by molar-refractivity contribution is -0.385. The molecule has 7 nitrogen and oxygen atoms in total. The SMILES string of the molecule is CCNc1nnc(COc2cccc([N+](=O)[O-])c2C)s1. The lowest BCUT2D eigenvalue weighted by Gasteiger charge is -2.07. The Balaban J connectivity index is 2.06. The highest BCUT2D eigenvalue weighted by Gasteiger charge is 2.14. The standard InChI is InChI=1S/C12H14N4O3S/c1-3-13-12-15-14-11(20-12)7-19-10-6-4-5-9(8(10)2)16(17)18/h4-6H,3,7H2,1-2H3,(H,13,15). The number of aromatic nitrogens is 2. The third-order valence-corrected chi connectivity index (χ3v) is 3.45. The van der Waals surface area contributed by atoms with E-state index in [-0.39, 0.29) is 12.3 Å². The van der Waals surface area contributed by atoms with Gasteiger partial charge < -0.3 is 10.1 Å². The van der Waals surface area contributed by atoms with Crippen LogP contribution in [0.4, 0.5) is 10.8 Å². The molecule has 2 rings (SSSR count). The van der Waals surface area contributed by atoms with Crippen LogP contribution >= 0.6 is 11.3 Å². The number of hydrogen-bond acceptors (Lipinski definition) is 7. The number of ether oxygens (including phenoxy) is 1. The van der Waals surface area contributed by atoms with Gasteiger partial charge in [0.05, 0.1) is 10.5 Å². The van der Waals surface area contributed by atoms with E-state index in [9.17, 15) is 10.1 Å². The molecule has 1 N–H and O–H groups in total. The van der Waals surface area contributed by atoms with Crippen molar-refractivity contribution in [3.63, 3.8) is 0 Å². The summed E-state index contributed by atoms with van der Waals surface area (Å²) < 4.78 is 5.58. The Morgan fingerprint density at radius 2 is 2.25 bits per heavy atom. The molecule has 0 aliphatic rings. The molecular formula is C12H14N4O3S. The fraction of sp³-hybridized carbons (Fsp3) is 0.333. The van der Waals surface area contributed by atoms with Gasteiger partial charge in [0.15, 0.2) is 5.01 Å². The summed E-state index contributed by atoms with van der Waals surface area (Å²) in [6.07, 6.45) is 0. The van der Waals surface area contributed by atoms with Crippen molar-refractivity contribution in [3.05, 3.63) is 38.9 Å². The molecule has 0 unspecified atom stereocenters. The number of nitrogens with one attached hydrogen (secondary N) is 1. The van der Waals surface area contributed by atoms with Gasteiger partial charge in [-0.2, -0.15) is 0 Å². The molecule has 1 aromatic carbocycles. The minimum atomic E-state index is -0.420. The van der Waals surface area contributed by atoms with E-state index in [2.05, 4.69) is 15.5 Å². The molecule has 106 valence electrons. The number of hydrogen-bond donors (Lipinski definition) is 1. The van der Waals surface area contributed by atoms with E-state index in [1.54, 1.807) is 19.1 Å². The molecule has 8 heteroatoms. The first kappa shape index (κ1) is 14.2. The van der Waals surface area contributed by atoms with E-state index in [0.717, 1.165) is 11.7 Å². The smallest absolute Gasteiger partial charge is 0.276 e. The minimum Gasteiger partial charge on any atom is -0.486 e. The highest BCUT2D eigenvalue weighted by Crippen LogP contribution is 2.28. The second kappa shape index (κ2) is 6.29. The number of anilines is 1. The number of rotatable bonds is 6. The summed E-state index contributed by atoms with van der Waals surface area (Å²) in [6, 6.07) is 4.76. The van der Waals surface area contributed by atoms with E-state index < -0.39 is 4.92 Å². The monoisotopic (exact) mass is 294 g/mol. The van der Waals surface area contributed by atoms with Crippen molar-refractivity contribution in [3.8, 4) is 5.75 Å². The first-order valence-electron chi connectivity index (χ1n) is 6.05. The lowest BCUT2D eigenvalue weighted by Crippen LogP contribution is -1.99. The number of nitrogens with zero attached hydrogens (tertiary/aromatic N) is 3. The van der Waals surface area contributed by atoms with Gasteiger partial charge in [-0.05, 0) is 19.9 Å². The van der Waals surface area contributed by atoms with E-state index >= 15 is 0 Å². The van der Waals surface area contributed by atoms with E-state index in [4.69, 9.17) is 4.74 Å². The average molecular weight is 294 g/mol. The first-order chi connectivity index (χ1) is 9.61. The molecule has 0 fully saturated rings. The first-order valence-corrected chi connectivity index (χ1v) is 6.86. The Hall–Kier alpha value is -2.22. The Morgan fingerprint density at radius 1 is 1.45 bits per heavy atom. The van der Waals surface area contributed by atoms with Crippen LogP contribution in [0.2, 0.25) is 0 Å². The van der Waals surface area contributed by atoms with Gasteiger partial charge in [-0.1, -0.05) is 17.4 Å². The van der Waals surface area contributed by atoms with Gasteiger partial charge in [-0.25, -0.2) is 0 Å². The van der Waals surface area contributed by atoms with Crippen molar-refractivity contribution in [2.75, 3.05) is 11.9 Å². The lowest BCUT2D eigenvalue weighted by atomic mass is 10.2. The summed E-state index contributed by atoms with van der Waals surface area (Å²) in [7, 11) is 0. The quantitative estimate of drug-likeness (QED) is 0.650. The third kappa shape index (κ3) is 3.21. The second-order valence-corrected chi connectivity index (χ2v) is 5.04. The molecule has 0 radical (unpaired) electrons. The van der Waals surface area contributed by atoms with Gasteiger partial charge in [0.1, 0.15) is 12.4 Å². The molecule has 20 heavy (non-hydrogen) atoms. The summed E-state index contributed by atoms with van der Waals surface area (Å²) in [5.41, 5.74) is 0.557. The maximum Gasteiger partial charge on any atom is 0.276 e. The van der Waals surface area contributed by atoms with Crippen LogP contribution in [-0.2, 0) is 6.61 Å². The maximum absolute atomic E-state index is 10.8. The van der Waals surface area contributed by atoms with Gasteiger partial charge >= 0.3 is 0 Å². The number of benzene rings is 1. The second-order valence-electron chi connectivity index (χ2n) is 3.98. The molecule has 0 bridgehead atoms. The maximum atomic E-state index is 10.8. The summed E-state index contributed by atoms with van der Waals surface area (Å²) in [4.78, 5) is 10.4. The molecule has 0 saturated heterocycles. The van der Waals surface area contributed by atoms with Gasteiger partial charge in [0, 0.05) is 12.6 Å². The zero-order valence-corrected chi connectivity index (χ0v) is 11.9. The molecular weight excluding hydrogens is 280 g/mol. The van der Waals surface area contributed by atoms with E-state index in [0.29, 0.717) is 16.3 Å². The number of nitro groups is 1. The van der Waals surface area contributed by atoms with Gasteiger partial charge in [-0.3, -0.25) is 10.1 Å². The van der Waals surface area contributed by atoms with Crippen LogP contribution in [0, 0.1) is 17.0 Å². The summed E-state index contributed by atoms with van der Waals surface area (Å²) in [5.74, 6) is 0.486. The zero-order valence-electron chi connectivity index (χ0n) is 11.1. The highest BCUT2D eigenvalue weighted by molar-refractivity contribution is 7.15. The van der Waals surface area contributed by atoms with Crippen molar-refractivity contribution in [1.82, 2.24) is 10.2 Å². The van der Waals surface area contributed by atoms with Crippen molar-refractivity contribution >= 4 is 22.2 Å². The Labute approximate surface area is 119 Å². The Kier molecular flexibility index (Phi) is 4.46. The van der Waals surface area contributed by atoms with E-state index in [1.165, 1.54) is 17.4 Å². The molecule has 0 spiro atoms. The van der Waals surface area contributed by atoms with Crippen LogP contribution < -0.4 is 10.1 Å². The van der Waals surface area contributed by atoms with Crippen LogP contribution in [0.3, 0.4) is 0 Å². The number of nitro benzene ring substituents is 1. The molecule has 0 amide bonds. The van der Waals surface area contributed by atoms with E-state index in [1.807, 2.05) is 6.92 Å². The summed E-state index contributed by atoms with van der Waals surface area (Å²) in [6.45, 7) is 4.66. The molecule has 0 aliphatic carbocycles. The van der Waals surface area contributed by atoms with Crippen molar-refractivity contribution in [2.24, 2.45) is 0 Å². The van der Waals surface area contributed by atoms with Gasteiger partial charge in [-0.15, -0.1) is 10.2 Å². The predicted octanol–water partition coefficient (Wildman–Crippen LogP) is 2.77. The minimum absolute atomic E-state index is 0.0492. The fourth-order valence-electron chi connectivity index (χ4n) is 1.63. The molecule has 1 heterocycles. The van der Waals surface area contributed by atoms with Gasteiger partial charge in [0.2, 0.25) is 5.13 Å². The van der Waals surface area contributed by atoms with Crippen LogP contribution in [0.5, 0.6) is 5.75 Å². The molecule has 0 aliphatic heterocycles. The topological polar surface area (TPSA) is 90.2 Å². The molecule has 0 saturated carbocycles. The van der Waals surface area contributed by atoms with Crippen molar-refractivity contribution < 1.29 is 9.66 Å². The Morgan fingerprint density at radius 3 is 2.95 bits per heavy atom. The fourth-order valence-corrected chi connectivity index (χ4v) is 2.35. The van der Waals surface area contributed by atoms with Crippen LogP contribution in [0.1, 0.15) is 17.5 Å². The molecule has 1 aromatic heterocycles. The zero-order chi connectivity index (χ0) is 14.5. The average Bonchev–Trinajstić information content (AvgIpc) is 2.85. The van der Waals surface area contributed by atoms with Crippen LogP contribution in [0.25, 0.3) is 0 Å². The van der Waals surface area contributed by atoms with Crippen LogP contribution in [0.15, 0.2) is 18.2 Å². The molecule has 0 atom stereocenters. The largest absolute Gasteiger partial charge is 0.486 e. The summed E-state index contributed by atoms with van der Waals surface area (Å²) in [5, 5.41) is 23.3. The Bertz CT molecular complexity index is 614. The highest BCUT2D eigenvalue weighted by atomic mass is 32.1. The van der Waals surface area contributed by atoms with Crippen molar-refractivity contribution in [1.29, 1.82) is 0 Å². The van der Waals surface area contributed by atoms with Crippen LogP contribution in [-0.4, -0.2) is 21.7 Å². The van der Waals surface area contributed by atoms with Crippen molar-refractivity contribution in [2.45, 2.75) is 20.5 Å². The molecule has 2 aromatic rings. The predicted molar refractivity (Wildman–Crippen MR) is 76.2 cm³/mol. The normalized spacial score (nSPS) is 10.3. The third-order valence-electron chi connectivity index (χ3n) is 2.60. The van der Waals surface area contributed by atoms with Gasteiger partial charge in [0.25, 0.3) is 5.69 Å². The summed E-state index contributed by atoms with van der Waals surface area (Å²) >= 11 is 1.40.